The molecule has 534 valence electrons. The highest BCUT2D eigenvalue weighted by atomic mass is 16.6. The molecule has 41 heteroatoms. The molecule has 8 saturated heterocycles. The lowest BCUT2D eigenvalue weighted by Gasteiger charge is -2.37. The molecule has 8 heterocycles. The Kier molecular flexibility index (Phi) is 41.7. The van der Waals surface area contributed by atoms with E-state index in [2.05, 4.69) is 4.74 Å². The van der Waals surface area contributed by atoms with Crippen molar-refractivity contribution in [3.05, 3.63) is 0 Å². The summed E-state index contributed by atoms with van der Waals surface area (Å²) in [6.45, 7) is -3.38. The van der Waals surface area contributed by atoms with Gasteiger partial charge >= 0.3 is 0 Å². The summed E-state index contributed by atoms with van der Waals surface area (Å²) in [6, 6.07) is 0. The van der Waals surface area contributed by atoms with Crippen molar-refractivity contribution in [2.45, 2.75) is 202 Å². The molecular formula is C48H96O41. The minimum absolute atomic E-state index is 0.0521. The molecule has 0 bridgehead atoms. The van der Waals surface area contributed by atoms with E-state index in [1.54, 1.807) is 0 Å². The quantitative estimate of drug-likeness (QED) is 0.107. The SMILES string of the molecule is OCC1OC(O)C(O)C(O)C1O.OCC1OCC(O)C(O)C1O.OCC1OCC(O)C(O)C1O.OCC1OCC(O)C(O)C1O.OCC1OCC(O)C(O)C1O.OCC1OCC(O)C(O)C1O.OCC1OCC(O)C(O)C1O.OCC1OCC(O)C(O)C1O. The van der Waals surface area contributed by atoms with Gasteiger partial charge in [0.1, 0.15) is 195 Å². The van der Waals surface area contributed by atoms with Crippen molar-refractivity contribution in [3.63, 3.8) is 0 Å². The summed E-state index contributed by atoms with van der Waals surface area (Å²) >= 11 is 0. The topological polar surface area (TPSA) is 741 Å². The summed E-state index contributed by atoms with van der Waals surface area (Å²) in [7, 11) is 0. The zero-order valence-corrected chi connectivity index (χ0v) is 47.7. The molecule has 33 N–H and O–H groups in total. The van der Waals surface area contributed by atoms with Crippen LogP contribution in [-0.2, 0) is 37.9 Å². The van der Waals surface area contributed by atoms with E-state index in [-0.39, 0.29) is 92.5 Å². The van der Waals surface area contributed by atoms with Crippen LogP contribution in [0.1, 0.15) is 0 Å². The van der Waals surface area contributed by atoms with Crippen LogP contribution in [0.2, 0.25) is 0 Å². The van der Waals surface area contributed by atoms with Gasteiger partial charge in [-0.1, -0.05) is 0 Å². The first-order valence-electron chi connectivity index (χ1n) is 27.6. The number of aliphatic hydroxyl groups excluding tert-OH is 33. The van der Waals surface area contributed by atoms with Crippen LogP contribution in [0.5, 0.6) is 0 Å². The lowest BCUT2D eigenvalue weighted by Crippen LogP contribution is -2.58. The van der Waals surface area contributed by atoms with Crippen LogP contribution in [0.4, 0.5) is 0 Å². The van der Waals surface area contributed by atoms with Crippen LogP contribution in [0.25, 0.3) is 0 Å². The number of hydrogen-bond donors (Lipinski definition) is 33. The third-order valence-corrected chi connectivity index (χ3v) is 14.4. The third-order valence-electron chi connectivity index (χ3n) is 14.4. The first-order chi connectivity index (χ1) is 41.7. The van der Waals surface area contributed by atoms with Crippen molar-refractivity contribution < 1.29 is 206 Å². The lowest BCUT2D eigenvalue weighted by atomic mass is 10.00. The molecule has 33 unspecified atom stereocenters. The van der Waals surface area contributed by atoms with Crippen molar-refractivity contribution in [3.8, 4) is 0 Å². The molecular weight excluding hydrogens is 1230 g/mol. The predicted octanol–water partition coefficient (Wildman–Crippen LogP) is -21.0. The third kappa shape index (κ3) is 26.1. The van der Waals surface area contributed by atoms with Crippen LogP contribution >= 0.6 is 0 Å². The molecule has 8 aliphatic heterocycles. The highest BCUT2D eigenvalue weighted by Crippen LogP contribution is 2.22. The molecule has 8 fully saturated rings. The Hall–Kier alpha value is -1.64. The Balaban J connectivity index is 0.000000509. The second-order valence-electron chi connectivity index (χ2n) is 20.9. The van der Waals surface area contributed by atoms with E-state index in [0.717, 1.165) is 0 Å². The lowest BCUT2D eigenvalue weighted by molar-refractivity contribution is -0.286. The van der Waals surface area contributed by atoms with Gasteiger partial charge in [-0.15, -0.1) is 0 Å². The van der Waals surface area contributed by atoms with Gasteiger partial charge < -0.3 is 206 Å². The largest absolute Gasteiger partial charge is 0.394 e. The van der Waals surface area contributed by atoms with Crippen molar-refractivity contribution in [2.24, 2.45) is 0 Å². The van der Waals surface area contributed by atoms with E-state index in [1.807, 2.05) is 0 Å². The number of hydrogen-bond acceptors (Lipinski definition) is 41. The maximum Gasteiger partial charge on any atom is 0.184 e. The number of aliphatic hydroxyl groups is 33. The minimum Gasteiger partial charge on any atom is -0.394 e. The summed E-state index contributed by atoms with van der Waals surface area (Å²) in [4.78, 5) is 0. The fourth-order valence-electron chi connectivity index (χ4n) is 8.27. The van der Waals surface area contributed by atoms with Crippen molar-refractivity contribution in [1.29, 1.82) is 0 Å². The second-order valence-corrected chi connectivity index (χ2v) is 20.9. The van der Waals surface area contributed by atoms with Gasteiger partial charge in [0.25, 0.3) is 0 Å². The van der Waals surface area contributed by atoms with E-state index >= 15 is 0 Å². The molecule has 0 aromatic carbocycles. The first-order valence-corrected chi connectivity index (χ1v) is 27.6. The Bertz CT molecular complexity index is 1470. The van der Waals surface area contributed by atoms with Crippen LogP contribution < -0.4 is 0 Å². The van der Waals surface area contributed by atoms with E-state index in [0.29, 0.717) is 0 Å². The monoisotopic (exact) mass is 1330 g/mol. The summed E-state index contributed by atoms with van der Waals surface area (Å²) in [5.74, 6) is 0. The van der Waals surface area contributed by atoms with Crippen molar-refractivity contribution in [2.75, 3.05) is 99.1 Å². The fourth-order valence-corrected chi connectivity index (χ4v) is 8.27. The molecule has 0 aliphatic carbocycles. The van der Waals surface area contributed by atoms with Gasteiger partial charge in [-0.2, -0.15) is 0 Å². The molecule has 89 heavy (non-hydrogen) atoms. The number of rotatable bonds is 8. The molecule has 41 nitrogen and oxygen atoms in total. The van der Waals surface area contributed by atoms with Gasteiger partial charge in [0.2, 0.25) is 0 Å². The van der Waals surface area contributed by atoms with Crippen LogP contribution in [0.3, 0.4) is 0 Å². The smallest absolute Gasteiger partial charge is 0.184 e. The van der Waals surface area contributed by atoms with Gasteiger partial charge in [0.05, 0.1) is 99.1 Å². The molecule has 33 atom stereocenters. The summed E-state index contributed by atoms with van der Waals surface area (Å²) < 4.78 is 38.3. The van der Waals surface area contributed by atoms with Gasteiger partial charge in [0.15, 0.2) is 6.29 Å². The molecule has 0 aromatic rings. The average molecular weight is 1330 g/mol. The van der Waals surface area contributed by atoms with Crippen molar-refractivity contribution in [1.82, 2.24) is 0 Å². The summed E-state index contributed by atoms with van der Waals surface area (Å²) in [5, 5.41) is 295. The van der Waals surface area contributed by atoms with Gasteiger partial charge in [-0.25, -0.2) is 0 Å². The minimum atomic E-state index is -1.57. The first kappa shape index (κ1) is 85.4. The average Bonchev–Trinajstić information content (AvgIpc) is 3.69. The summed E-state index contributed by atoms with van der Waals surface area (Å²) in [5.41, 5.74) is 0. The van der Waals surface area contributed by atoms with Gasteiger partial charge in [-0.05, 0) is 0 Å². The van der Waals surface area contributed by atoms with Crippen LogP contribution in [0, 0.1) is 0 Å². The Morgan fingerprint density at radius 2 is 0.303 bits per heavy atom. The van der Waals surface area contributed by atoms with E-state index in [1.165, 1.54) is 0 Å². The Labute approximate surface area is 506 Å². The standard InChI is InChI=1S/C6H12O6.7C6H12O5/c7-1-2-3(8)4(9)5(10)6(11)12-2;7*7-1-4-6(10)5(9)3(8)2-11-4/h2-11H,1H2;7*3-10H,1-2H2. The van der Waals surface area contributed by atoms with Crippen molar-refractivity contribution >= 4 is 0 Å². The molecule has 0 aromatic heterocycles. The number of ether oxygens (including phenoxy) is 8. The predicted molar refractivity (Wildman–Crippen MR) is 280 cm³/mol. The van der Waals surface area contributed by atoms with E-state index in [4.69, 9.17) is 202 Å². The van der Waals surface area contributed by atoms with Crippen LogP contribution in [0.15, 0.2) is 0 Å². The normalized spacial score (nSPS) is 46.3. The zero-order valence-electron chi connectivity index (χ0n) is 47.7. The molecule has 8 aliphatic rings. The zero-order chi connectivity index (χ0) is 68.3. The van der Waals surface area contributed by atoms with Gasteiger partial charge in [0, 0.05) is 0 Å². The molecule has 0 spiro atoms. The van der Waals surface area contributed by atoms with E-state index in [9.17, 15) is 0 Å². The van der Waals surface area contributed by atoms with Crippen LogP contribution in [-0.4, -0.2) is 469 Å². The van der Waals surface area contributed by atoms with E-state index < -0.39 is 208 Å². The second kappa shape index (κ2) is 43.4. The molecule has 0 saturated carbocycles. The molecule has 8 rings (SSSR count). The summed E-state index contributed by atoms with van der Waals surface area (Å²) in [6.07, 6.45) is -36.9. The maximum absolute atomic E-state index is 9.12. The molecule has 0 amide bonds. The highest BCUT2D eigenvalue weighted by molar-refractivity contribution is 4.92. The fraction of sp³-hybridized carbons (Fsp3) is 1.00. The Morgan fingerprint density at radius 1 is 0.169 bits per heavy atom. The molecule has 0 radical (unpaired) electrons. The Morgan fingerprint density at radius 3 is 0.438 bits per heavy atom. The van der Waals surface area contributed by atoms with Gasteiger partial charge in [-0.3, -0.25) is 0 Å². The highest BCUT2D eigenvalue weighted by Gasteiger charge is 2.44. The maximum atomic E-state index is 9.12.